The molecule has 0 N–H and O–H groups in total. The van der Waals surface area contributed by atoms with Crippen LogP contribution in [-0.2, 0) is 4.57 Å². The molecule has 5 heteroatoms. The number of rotatable bonds is 2. The zero-order valence-corrected chi connectivity index (χ0v) is 6.82. The molecule has 1 rings (SSSR count). The van der Waals surface area contributed by atoms with Gasteiger partial charge in [-0.25, -0.2) is 0 Å². The van der Waals surface area contributed by atoms with E-state index in [1.54, 1.807) is 0 Å². The molecule has 0 spiro atoms. The van der Waals surface area contributed by atoms with Crippen LogP contribution in [-0.4, -0.2) is 0 Å². The van der Waals surface area contributed by atoms with Gasteiger partial charge in [-0.15, -0.1) is 0 Å². The van der Waals surface area contributed by atoms with Crippen molar-refractivity contribution in [2.45, 2.75) is 0 Å². The summed E-state index contributed by atoms with van der Waals surface area (Å²) in [6.45, 7) is 0. The molecule has 0 fully saturated rings. The van der Waals surface area contributed by atoms with Crippen molar-refractivity contribution >= 4 is 8.25 Å². The van der Waals surface area contributed by atoms with Crippen LogP contribution < -0.4 is 9.42 Å². The summed E-state index contributed by atoms with van der Waals surface area (Å²) >= 11 is 0. The predicted molar refractivity (Wildman–Crippen MR) is 39.4 cm³/mol. The molecule has 0 aliphatic rings. The summed E-state index contributed by atoms with van der Waals surface area (Å²) in [5.41, 5.74) is 0.462. The highest BCUT2D eigenvalue weighted by Crippen LogP contribution is 2.19. The normalized spacial score (nSPS) is 10.2. The van der Waals surface area contributed by atoms with E-state index >= 15 is 0 Å². The first kappa shape index (κ1) is 8.66. The Morgan fingerprint density at radius 2 is 2.00 bits per heavy atom. The van der Waals surface area contributed by atoms with E-state index in [0.29, 0.717) is 5.56 Å². The summed E-state index contributed by atoms with van der Waals surface area (Å²) < 4.78 is 14.4. The SMILES string of the molecule is N#Cc1ccc(O[P+](=O)[O-])cc1. The molecule has 0 heterocycles. The molecule has 0 saturated carbocycles. The largest absolute Gasteiger partial charge is 0.558 e. The van der Waals surface area contributed by atoms with Crippen molar-refractivity contribution in [2.24, 2.45) is 0 Å². The van der Waals surface area contributed by atoms with E-state index in [0.717, 1.165) is 0 Å². The van der Waals surface area contributed by atoms with E-state index in [9.17, 15) is 9.46 Å². The van der Waals surface area contributed by atoms with Crippen molar-refractivity contribution in [2.75, 3.05) is 0 Å². The predicted octanol–water partition coefficient (Wildman–Crippen LogP) is 0.955. The fourth-order valence-electron chi connectivity index (χ4n) is 0.676. The molecule has 0 aliphatic carbocycles. The maximum atomic E-state index is 10.1. The van der Waals surface area contributed by atoms with Gasteiger partial charge in [0.1, 0.15) is 0 Å². The third-order valence-corrected chi connectivity index (χ3v) is 1.52. The lowest BCUT2D eigenvalue weighted by Crippen LogP contribution is -1.92. The molecule has 1 aromatic carbocycles. The fraction of sp³-hybridized carbons (Fsp3) is 0. The zero-order valence-electron chi connectivity index (χ0n) is 5.93. The molecule has 0 amide bonds. The van der Waals surface area contributed by atoms with Gasteiger partial charge in [-0.3, -0.25) is 4.52 Å². The Hall–Kier alpha value is -1.43. The van der Waals surface area contributed by atoms with Gasteiger partial charge in [0.25, 0.3) is 0 Å². The number of nitrogens with zero attached hydrogens (tertiary/aromatic N) is 1. The maximum absolute atomic E-state index is 10.1. The topological polar surface area (TPSA) is 73.1 Å². The molecule has 0 radical (unpaired) electrons. The Balaban J connectivity index is 2.80. The summed E-state index contributed by atoms with van der Waals surface area (Å²) in [7, 11) is -2.87. The lowest BCUT2D eigenvalue weighted by molar-refractivity contribution is -0.178. The molecule has 12 heavy (non-hydrogen) atoms. The van der Waals surface area contributed by atoms with Crippen molar-refractivity contribution in [1.29, 1.82) is 5.26 Å². The second kappa shape index (κ2) is 3.82. The van der Waals surface area contributed by atoms with Crippen LogP contribution in [0.2, 0.25) is 0 Å². The highest BCUT2D eigenvalue weighted by atomic mass is 31.1. The number of hydrogen-bond donors (Lipinski definition) is 0. The highest BCUT2D eigenvalue weighted by Gasteiger charge is 2.03. The van der Waals surface area contributed by atoms with E-state index in [1.165, 1.54) is 24.3 Å². The van der Waals surface area contributed by atoms with E-state index in [-0.39, 0.29) is 5.75 Å². The van der Waals surface area contributed by atoms with Gasteiger partial charge >= 0.3 is 8.25 Å². The van der Waals surface area contributed by atoms with Crippen LogP contribution in [0.1, 0.15) is 5.56 Å². The summed E-state index contributed by atoms with van der Waals surface area (Å²) in [4.78, 5) is 10.1. The van der Waals surface area contributed by atoms with Crippen molar-refractivity contribution in [3.63, 3.8) is 0 Å². The zero-order chi connectivity index (χ0) is 8.97. The lowest BCUT2D eigenvalue weighted by Gasteiger charge is -1.92. The van der Waals surface area contributed by atoms with Crippen LogP contribution in [0.5, 0.6) is 5.75 Å². The summed E-state index contributed by atoms with van der Waals surface area (Å²) in [5.74, 6) is 0.213. The molecule has 0 aromatic heterocycles. The van der Waals surface area contributed by atoms with Gasteiger partial charge in [-0.2, -0.15) is 5.26 Å². The van der Waals surface area contributed by atoms with Crippen molar-refractivity contribution in [3.8, 4) is 11.8 Å². The average molecular weight is 181 g/mol. The fourth-order valence-corrected chi connectivity index (χ4v) is 0.970. The second-order valence-electron chi connectivity index (χ2n) is 1.95. The van der Waals surface area contributed by atoms with E-state index in [2.05, 4.69) is 4.52 Å². The van der Waals surface area contributed by atoms with Crippen LogP contribution in [0.4, 0.5) is 0 Å². The van der Waals surface area contributed by atoms with Crippen molar-refractivity contribution < 1.29 is 14.0 Å². The molecule has 0 aliphatic heterocycles. The van der Waals surface area contributed by atoms with Gasteiger partial charge < -0.3 is 4.89 Å². The van der Waals surface area contributed by atoms with E-state index < -0.39 is 8.25 Å². The Morgan fingerprint density at radius 3 is 2.42 bits per heavy atom. The smallest absolute Gasteiger partial charge is 0.539 e. The Labute approximate surface area is 70.0 Å². The van der Waals surface area contributed by atoms with Crippen LogP contribution in [0.15, 0.2) is 24.3 Å². The molecule has 60 valence electrons. The highest BCUT2D eigenvalue weighted by molar-refractivity contribution is 7.31. The van der Waals surface area contributed by atoms with Gasteiger partial charge in [-0.1, -0.05) is 0 Å². The van der Waals surface area contributed by atoms with Crippen LogP contribution in [0, 0.1) is 11.3 Å². The summed E-state index contributed by atoms with van der Waals surface area (Å²) in [6.07, 6.45) is 0. The molecule has 0 saturated heterocycles. The monoisotopic (exact) mass is 181 g/mol. The minimum absolute atomic E-state index is 0.213. The van der Waals surface area contributed by atoms with Gasteiger partial charge in [-0.05, 0) is 28.8 Å². The molecule has 1 aromatic rings. The molecule has 1 atom stereocenters. The van der Waals surface area contributed by atoms with Crippen LogP contribution in [0.25, 0.3) is 0 Å². The number of nitriles is 1. The summed E-state index contributed by atoms with van der Waals surface area (Å²) in [5, 5.41) is 8.40. The van der Waals surface area contributed by atoms with Crippen molar-refractivity contribution in [3.05, 3.63) is 29.8 Å². The van der Waals surface area contributed by atoms with Crippen LogP contribution in [0.3, 0.4) is 0 Å². The number of benzene rings is 1. The van der Waals surface area contributed by atoms with Gasteiger partial charge in [0.2, 0.25) is 0 Å². The van der Waals surface area contributed by atoms with Gasteiger partial charge in [0.15, 0.2) is 5.75 Å². The Kier molecular flexibility index (Phi) is 2.76. The first-order valence-corrected chi connectivity index (χ1v) is 4.14. The minimum Gasteiger partial charge on any atom is -0.558 e. The van der Waals surface area contributed by atoms with Crippen molar-refractivity contribution in [1.82, 2.24) is 0 Å². The van der Waals surface area contributed by atoms with E-state index in [1.807, 2.05) is 6.07 Å². The molecule has 0 bridgehead atoms. The molecule has 1 unspecified atom stereocenters. The number of hydrogen-bond acceptors (Lipinski definition) is 4. The first-order chi connectivity index (χ1) is 5.72. The standard InChI is InChI=1S/C7H4NO3P/c8-5-6-1-3-7(4-2-6)11-12(9)10/h1-4H. The van der Waals surface area contributed by atoms with Gasteiger partial charge in [0, 0.05) is 0 Å². The quantitative estimate of drug-likeness (QED) is 0.636. The summed E-state index contributed by atoms with van der Waals surface area (Å²) in [6, 6.07) is 7.70. The van der Waals surface area contributed by atoms with E-state index in [4.69, 9.17) is 5.26 Å². The molecular weight excluding hydrogens is 177 g/mol. The maximum Gasteiger partial charge on any atom is 0.539 e. The molecular formula is C7H4NO3P. The molecule has 4 nitrogen and oxygen atoms in total. The lowest BCUT2D eigenvalue weighted by atomic mass is 10.2. The third-order valence-electron chi connectivity index (χ3n) is 1.16. The first-order valence-electron chi connectivity index (χ1n) is 3.05. The third kappa shape index (κ3) is 2.31. The van der Waals surface area contributed by atoms with Crippen LogP contribution >= 0.6 is 8.25 Å². The second-order valence-corrected chi connectivity index (χ2v) is 2.58. The average Bonchev–Trinajstić information content (AvgIpc) is 2.05. The minimum atomic E-state index is -2.87. The van der Waals surface area contributed by atoms with Gasteiger partial charge in [0.05, 0.1) is 11.6 Å². The Morgan fingerprint density at radius 1 is 1.42 bits per heavy atom. The Bertz CT molecular complexity index is 327.